The van der Waals surface area contributed by atoms with Gasteiger partial charge in [-0.2, -0.15) is 0 Å². The number of esters is 1. The van der Waals surface area contributed by atoms with Gasteiger partial charge < -0.3 is 4.74 Å². The fraction of sp³-hybridized carbons (Fsp3) is 0.667. The van der Waals surface area contributed by atoms with Gasteiger partial charge in [0.25, 0.3) is 0 Å². The van der Waals surface area contributed by atoms with E-state index in [1.165, 1.54) is 0 Å². The van der Waals surface area contributed by atoms with E-state index in [1.54, 1.807) is 13.0 Å². The van der Waals surface area contributed by atoms with Gasteiger partial charge in [-0.15, -0.1) is 0 Å². The molecule has 11 heavy (non-hydrogen) atoms. The van der Waals surface area contributed by atoms with Crippen molar-refractivity contribution in [3.8, 4) is 0 Å². The van der Waals surface area contributed by atoms with Crippen molar-refractivity contribution in [2.75, 3.05) is 6.61 Å². The Hall–Kier alpha value is -0.790. The molecule has 0 saturated heterocycles. The fourth-order valence-electron chi connectivity index (χ4n) is 0.541. The average molecular weight is 156 g/mol. The van der Waals surface area contributed by atoms with Crippen molar-refractivity contribution >= 4 is 5.97 Å². The number of allylic oxidation sites excluding steroid dienone is 1. The smallest absolute Gasteiger partial charge is 0.333 e. The van der Waals surface area contributed by atoms with Gasteiger partial charge in [-0.3, -0.25) is 0 Å². The Morgan fingerprint density at radius 2 is 2.18 bits per heavy atom. The van der Waals surface area contributed by atoms with Crippen molar-refractivity contribution in [1.82, 2.24) is 0 Å². The zero-order valence-corrected chi connectivity index (χ0v) is 7.52. The molecule has 0 N–H and O–H groups in total. The van der Waals surface area contributed by atoms with E-state index in [-0.39, 0.29) is 5.97 Å². The SMILES string of the molecule is C/C=C(/C)C(=O)OCCCC. The molecule has 0 fully saturated rings. The Labute approximate surface area is 68.2 Å². The third kappa shape index (κ3) is 4.59. The first-order valence-corrected chi connectivity index (χ1v) is 4.02. The molecule has 2 nitrogen and oxygen atoms in total. The van der Waals surface area contributed by atoms with Crippen LogP contribution in [0.15, 0.2) is 11.6 Å². The molecule has 0 rings (SSSR count). The second kappa shape index (κ2) is 5.96. The van der Waals surface area contributed by atoms with E-state index in [0.29, 0.717) is 12.2 Å². The predicted octanol–water partition coefficient (Wildman–Crippen LogP) is 2.30. The minimum absolute atomic E-state index is 0.194. The van der Waals surface area contributed by atoms with Crippen molar-refractivity contribution in [2.24, 2.45) is 0 Å². The monoisotopic (exact) mass is 156 g/mol. The number of hydrogen-bond donors (Lipinski definition) is 0. The lowest BCUT2D eigenvalue weighted by molar-refractivity contribution is -0.139. The van der Waals surface area contributed by atoms with Crippen molar-refractivity contribution in [2.45, 2.75) is 33.6 Å². The van der Waals surface area contributed by atoms with E-state index in [9.17, 15) is 4.79 Å². The standard InChI is InChI=1S/C9H16O2/c1-4-6-7-11-9(10)8(3)5-2/h5H,4,6-7H2,1-3H3/b8-5-. The van der Waals surface area contributed by atoms with E-state index < -0.39 is 0 Å². The molecule has 0 saturated carbocycles. The number of carbonyl (C=O) groups excluding carboxylic acids is 1. The molecule has 0 aliphatic carbocycles. The summed E-state index contributed by atoms with van der Waals surface area (Å²) in [5.41, 5.74) is 0.682. The van der Waals surface area contributed by atoms with Gasteiger partial charge in [0.15, 0.2) is 0 Å². The summed E-state index contributed by atoms with van der Waals surface area (Å²) in [6.45, 7) is 6.20. The molecule has 0 bridgehead atoms. The lowest BCUT2D eigenvalue weighted by Gasteiger charge is -2.02. The van der Waals surface area contributed by atoms with Crippen LogP contribution < -0.4 is 0 Å². The molecule has 0 aliphatic heterocycles. The van der Waals surface area contributed by atoms with Crippen molar-refractivity contribution in [3.63, 3.8) is 0 Å². The van der Waals surface area contributed by atoms with Crippen molar-refractivity contribution in [3.05, 3.63) is 11.6 Å². The maximum atomic E-state index is 11.0. The summed E-state index contributed by atoms with van der Waals surface area (Å²) in [7, 11) is 0. The summed E-state index contributed by atoms with van der Waals surface area (Å²) < 4.78 is 4.93. The minimum Gasteiger partial charge on any atom is -0.462 e. The first-order valence-electron chi connectivity index (χ1n) is 4.02. The highest BCUT2D eigenvalue weighted by atomic mass is 16.5. The highest BCUT2D eigenvalue weighted by Crippen LogP contribution is 1.97. The third-order valence-electron chi connectivity index (χ3n) is 1.49. The topological polar surface area (TPSA) is 26.3 Å². The first kappa shape index (κ1) is 10.2. The number of unbranched alkanes of at least 4 members (excludes halogenated alkanes) is 1. The summed E-state index contributed by atoms with van der Waals surface area (Å²) >= 11 is 0. The van der Waals surface area contributed by atoms with Gasteiger partial charge in [0.1, 0.15) is 0 Å². The second-order valence-electron chi connectivity index (χ2n) is 2.46. The molecule has 0 aromatic heterocycles. The van der Waals surface area contributed by atoms with E-state index >= 15 is 0 Å². The van der Waals surface area contributed by atoms with Gasteiger partial charge in [0, 0.05) is 5.57 Å². The van der Waals surface area contributed by atoms with Crippen molar-refractivity contribution in [1.29, 1.82) is 0 Å². The van der Waals surface area contributed by atoms with Crippen LogP contribution in [0.5, 0.6) is 0 Å². The zero-order valence-electron chi connectivity index (χ0n) is 7.52. The maximum Gasteiger partial charge on any atom is 0.333 e. The minimum atomic E-state index is -0.194. The summed E-state index contributed by atoms with van der Waals surface area (Å²) in [5, 5.41) is 0. The molecule has 0 amide bonds. The molecule has 0 spiro atoms. The Morgan fingerprint density at radius 1 is 1.55 bits per heavy atom. The van der Waals surface area contributed by atoms with Gasteiger partial charge in [0.05, 0.1) is 6.61 Å². The number of rotatable bonds is 4. The van der Waals surface area contributed by atoms with Crippen LogP contribution in [0.4, 0.5) is 0 Å². The molecule has 0 radical (unpaired) electrons. The average Bonchev–Trinajstić information content (AvgIpc) is 2.03. The molecule has 0 aromatic carbocycles. The fourth-order valence-corrected chi connectivity index (χ4v) is 0.541. The normalized spacial score (nSPS) is 11.4. The van der Waals surface area contributed by atoms with Crippen LogP contribution in [0, 0.1) is 0 Å². The van der Waals surface area contributed by atoms with E-state index in [1.807, 2.05) is 6.92 Å². The van der Waals surface area contributed by atoms with Crippen LogP contribution in [-0.4, -0.2) is 12.6 Å². The summed E-state index contributed by atoms with van der Waals surface area (Å²) in [5.74, 6) is -0.194. The van der Waals surface area contributed by atoms with Gasteiger partial charge in [-0.1, -0.05) is 19.4 Å². The van der Waals surface area contributed by atoms with Crippen LogP contribution in [0.1, 0.15) is 33.6 Å². The largest absolute Gasteiger partial charge is 0.462 e. The number of hydrogen-bond acceptors (Lipinski definition) is 2. The molecule has 0 heterocycles. The summed E-state index contributed by atoms with van der Waals surface area (Å²) in [4.78, 5) is 11.0. The van der Waals surface area contributed by atoms with E-state index in [0.717, 1.165) is 12.8 Å². The lowest BCUT2D eigenvalue weighted by Crippen LogP contribution is -2.06. The molecule has 2 heteroatoms. The molecule has 64 valence electrons. The zero-order chi connectivity index (χ0) is 8.69. The van der Waals surface area contributed by atoms with Crippen LogP contribution in [0.2, 0.25) is 0 Å². The highest BCUT2D eigenvalue weighted by Gasteiger charge is 2.02. The second-order valence-corrected chi connectivity index (χ2v) is 2.46. The number of ether oxygens (including phenoxy) is 1. The Kier molecular flexibility index (Phi) is 5.53. The third-order valence-corrected chi connectivity index (χ3v) is 1.49. The number of carbonyl (C=O) groups is 1. The molecule has 0 unspecified atom stereocenters. The van der Waals surface area contributed by atoms with Gasteiger partial charge in [-0.25, -0.2) is 4.79 Å². The Balaban J connectivity index is 3.53. The van der Waals surface area contributed by atoms with Gasteiger partial charge in [-0.05, 0) is 20.3 Å². The molecule has 0 aromatic rings. The molecule has 0 aliphatic rings. The summed E-state index contributed by atoms with van der Waals surface area (Å²) in [6.07, 6.45) is 3.76. The highest BCUT2D eigenvalue weighted by molar-refractivity contribution is 5.87. The van der Waals surface area contributed by atoms with Gasteiger partial charge in [0.2, 0.25) is 0 Å². The van der Waals surface area contributed by atoms with Crippen LogP contribution >= 0.6 is 0 Å². The molecular formula is C9H16O2. The van der Waals surface area contributed by atoms with E-state index in [2.05, 4.69) is 6.92 Å². The van der Waals surface area contributed by atoms with Gasteiger partial charge >= 0.3 is 5.97 Å². The van der Waals surface area contributed by atoms with Crippen molar-refractivity contribution < 1.29 is 9.53 Å². The van der Waals surface area contributed by atoms with Crippen LogP contribution in [-0.2, 0) is 9.53 Å². The van der Waals surface area contributed by atoms with E-state index in [4.69, 9.17) is 4.74 Å². The Morgan fingerprint density at radius 3 is 2.64 bits per heavy atom. The molecular weight excluding hydrogens is 140 g/mol. The van der Waals surface area contributed by atoms with Crippen LogP contribution in [0.25, 0.3) is 0 Å². The summed E-state index contributed by atoms with van der Waals surface area (Å²) in [6, 6.07) is 0. The molecule has 0 atom stereocenters. The predicted molar refractivity (Wildman–Crippen MR) is 45.3 cm³/mol. The van der Waals surface area contributed by atoms with Crippen LogP contribution in [0.3, 0.4) is 0 Å². The first-order chi connectivity index (χ1) is 5.22. The maximum absolute atomic E-state index is 11.0. The quantitative estimate of drug-likeness (QED) is 0.354. The lowest BCUT2D eigenvalue weighted by atomic mass is 10.3. The Bertz CT molecular complexity index is 148.